The molecule has 1 aromatic heterocycles. The van der Waals surface area contributed by atoms with Crippen molar-refractivity contribution in [3.63, 3.8) is 0 Å². The molecule has 0 radical (unpaired) electrons. The van der Waals surface area contributed by atoms with E-state index >= 15 is 0 Å². The lowest BCUT2D eigenvalue weighted by atomic mass is 10.2. The van der Waals surface area contributed by atoms with E-state index in [4.69, 9.17) is 11.6 Å². The number of amides is 1. The molecule has 0 atom stereocenters. The number of anilines is 2. The maximum atomic E-state index is 12.4. The molecule has 0 aliphatic heterocycles. The Kier molecular flexibility index (Phi) is 5.17. The lowest BCUT2D eigenvalue weighted by Crippen LogP contribution is -2.16. The summed E-state index contributed by atoms with van der Waals surface area (Å²) < 4.78 is 0. The Morgan fingerprint density at radius 1 is 1.33 bits per heavy atom. The average molecular weight is 304 g/mol. The molecule has 4 nitrogen and oxygen atoms in total. The molecule has 0 saturated carbocycles. The van der Waals surface area contributed by atoms with Gasteiger partial charge in [0.1, 0.15) is 0 Å². The summed E-state index contributed by atoms with van der Waals surface area (Å²) >= 11 is 5.92. The van der Waals surface area contributed by atoms with Crippen LogP contribution in [0.15, 0.2) is 36.5 Å². The highest BCUT2D eigenvalue weighted by Crippen LogP contribution is 2.19. The fourth-order valence-electron chi connectivity index (χ4n) is 1.91. The molecule has 110 valence electrons. The lowest BCUT2D eigenvalue weighted by Gasteiger charge is -2.12. The Bertz CT molecular complexity index is 643. The van der Waals surface area contributed by atoms with E-state index in [-0.39, 0.29) is 5.91 Å². The zero-order valence-electron chi connectivity index (χ0n) is 12.1. The Hall–Kier alpha value is -2.07. The van der Waals surface area contributed by atoms with Gasteiger partial charge in [0.2, 0.25) is 0 Å². The number of hydrogen-bond donors (Lipinski definition) is 2. The number of pyridine rings is 1. The van der Waals surface area contributed by atoms with Crippen LogP contribution in [0.5, 0.6) is 0 Å². The van der Waals surface area contributed by atoms with Gasteiger partial charge in [0.15, 0.2) is 0 Å². The first kappa shape index (κ1) is 15.3. The molecule has 0 spiro atoms. The van der Waals surface area contributed by atoms with E-state index in [9.17, 15) is 4.79 Å². The van der Waals surface area contributed by atoms with Crippen LogP contribution in [0, 0.1) is 6.92 Å². The second-order valence-corrected chi connectivity index (χ2v) is 5.20. The van der Waals surface area contributed by atoms with Gasteiger partial charge in [0.05, 0.1) is 11.3 Å². The maximum absolute atomic E-state index is 12.4. The standard InChI is InChI=1S/C16H18ClN3O/c1-3-7-18-15-8-11(2)19-10-14(15)16(21)20-13-6-4-5-12(17)9-13/h4-6,8-10H,3,7H2,1-2H3,(H,18,19)(H,20,21). The van der Waals surface area contributed by atoms with Crippen molar-refractivity contribution in [3.8, 4) is 0 Å². The van der Waals surface area contributed by atoms with Crippen molar-refractivity contribution in [2.24, 2.45) is 0 Å². The van der Waals surface area contributed by atoms with Crippen molar-refractivity contribution in [2.75, 3.05) is 17.2 Å². The van der Waals surface area contributed by atoms with Gasteiger partial charge in [0.25, 0.3) is 5.91 Å². The van der Waals surface area contributed by atoms with E-state index in [1.54, 1.807) is 30.5 Å². The topological polar surface area (TPSA) is 54.0 Å². The van der Waals surface area contributed by atoms with Crippen LogP contribution >= 0.6 is 11.6 Å². The second kappa shape index (κ2) is 7.09. The SMILES string of the molecule is CCCNc1cc(C)ncc1C(=O)Nc1cccc(Cl)c1. The number of nitrogens with zero attached hydrogens (tertiary/aromatic N) is 1. The van der Waals surface area contributed by atoms with Crippen LogP contribution in [0.4, 0.5) is 11.4 Å². The largest absolute Gasteiger partial charge is 0.384 e. The number of hydrogen-bond acceptors (Lipinski definition) is 3. The minimum atomic E-state index is -0.205. The quantitative estimate of drug-likeness (QED) is 0.873. The summed E-state index contributed by atoms with van der Waals surface area (Å²) in [6, 6.07) is 8.94. The summed E-state index contributed by atoms with van der Waals surface area (Å²) in [5.41, 5.74) is 2.85. The van der Waals surface area contributed by atoms with Gasteiger partial charge in [-0.2, -0.15) is 0 Å². The van der Waals surface area contributed by atoms with Crippen molar-refractivity contribution < 1.29 is 4.79 Å². The Morgan fingerprint density at radius 2 is 2.14 bits per heavy atom. The van der Waals surface area contributed by atoms with Crippen LogP contribution in [-0.4, -0.2) is 17.4 Å². The van der Waals surface area contributed by atoms with Crippen molar-refractivity contribution >= 4 is 28.9 Å². The van der Waals surface area contributed by atoms with Crippen LogP contribution in [0.3, 0.4) is 0 Å². The van der Waals surface area contributed by atoms with Crippen molar-refractivity contribution in [1.82, 2.24) is 4.98 Å². The van der Waals surface area contributed by atoms with Crippen LogP contribution in [0.25, 0.3) is 0 Å². The molecule has 0 saturated heterocycles. The van der Waals surface area contributed by atoms with Gasteiger partial charge in [-0.05, 0) is 37.6 Å². The molecule has 0 unspecified atom stereocenters. The third kappa shape index (κ3) is 4.20. The summed E-state index contributed by atoms with van der Waals surface area (Å²) in [6.45, 7) is 4.78. The molecular weight excluding hydrogens is 286 g/mol. The monoisotopic (exact) mass is 303 g/mol. The number of aryl methyl sites for hydroxylation is 1. The number of benzene rings is 1. The van der Waals surface area contributed by atoms with Gasteiger partial charge in [-0.15, -0.1) is 0 Å². The summed E-state index contributed by atoms with van der Waals surface area (Å²) in [6.07, 6.45) is 2.57. The Balaban J connectivity index is 2.22. The number of nitrogens with one attached hydrogen (secondary N) is 2. The van der Waals surface area contributed by atoms with E-state index in [2.05, 4.69) is 22.5 Å². The zero-order valence-corrected chi connectivity index (χ0v) is 12.9. The predicted octanol–water partition coefficient (Wildman–Crippen LogP) is 4.12. The molecule has 0 bridgehead atoms. The van der Waals surface area contributed by atoms with Crippen LogP contribution in [-0.2, 0) is 0 Å². The van der Waals surface area contributed by atoms with E-state index in [0.717, 1.165) is 24.3 Å². The third-order valence-corrected chi connectivity index (χ3v) is 3.17. The first-order valence-electron chi connectivity index (χ1n) is 6.87. The summed E-state index contributed by atoms with van der Waals surface area (Å²) in [7, 11) is 0. The molecule has 21 heavy (non-hydrogen) atoms. The Morgan fingerprint density at radius 3 is 2.86 bits per heavy atom. The van der Waals surface area contributed by atoms with E-state index in [1.807, 2.05) is 13.0 Å². The van der Waals surface area contributed by atoms with Gasteiger partial charge in [-0.3, -0.25) is 9.78 Å². The lowest BCUT2D eigenvalue weighted by molar-refractivity contribution is 0.102. The molecule has 0 aliphatic rings. The van der Waals surface area contributed by atoms with E-state index in [1.165, 1.54) is 0 Å². The molecule has 5 heteroatoms. The molecule has 1 aromatic carbocycles. The van der Waals surface area contributed by atoms with Crippen LogP contribution in [0.1, 0.15) is 29.4 Å². The van der Waals surface area contributed by atoms with E-state index < -0.39 is 0 Å². The van der Waals surface area contributed by atoms with Crippen molar-refractivity contribution in [1.29, 1.82) is 0 Å². The number of carbonyl (C=O) groups excluding carboxylic acids is 1. The smallest absolute Gasteiger partial charge is 0.259 e. The van der Waals surface area contributed by atoms with Gasteiger partial charge >= 0.3 is 0 Å². The van der Waals surface area contributed by atoms with Gasteiger partial charge in [-0.1, -0.05) is 24.6 Å². The highest BCUT2D eigenvalue weighted by atomic mass is 35.5. The molecule has 1 amide bonds. The summed E-state index contributed by atoms with van der Waals surface area (Å²) in [4.78, 5) is 16.6. The average Bonchev–Trinajstić information content (AvgIpc) is 2.45. The van der Waals surface area contributed by atoms with Gasteiger partial charge in [0, 0.05) is 29.1 Å². The van der Waals surface area contributed by atoms with Gasteiger partial charge in [-0.25, -0.2) is 0 Å². The minimum Gasteiger partial charge on any atom is -0.384 e. The first-order valence-corrected chi connectivity index (χ1v) is 7.25. The first-order chi connectivity index (χ1) is 10.1. The predicted molar refractivity (Wildman–Crippen MR) is 87.2 cm³/mol. The molecule has 1 heterocycles. The number of rotatable bonds is 5. The normalized spacial score (nSPS) is 10.2. The number of halogens is 1. The van der Waals surface area contributed by atoms with Crippen LogP contribution in [0.2, 0.25) is 5.02 Å². The van der Waals surface area contributed by atoms with Crippen LogP contribution < -0.4 is 10.6 Å². The van der Waals surface area contributed by atoms with E-state index in [0.29, 0.717) is 16.3 Å². The van der Waals surface area contributed by atoms with Gasteiger partial charge < -0.3 is 10.6 Å². The molecular formula is C16H18ClN3O. The molecule has 2 N–H and O–H groups in total. The summed E-state index contributed by atoms with van der Waals surface area (Å²) in [5.74, 6) is -0.205. The molecule has 2 rings (SSSR count). The molecule has 0 aliphatic carbocycles. The Labute approximate surface area is 129 Å². The molecule has 0 fully saturated rings. The highest BCUT2D eigenvalue weighted by molar-refractivity contribution is 6.31. The maximum Gasteiger partial charge on any atom is 0.259 e. The van der Waals surface area contributed by atoms with Crippen molar-refractivity contribution in [3.05, 3.63) is 52.8 Å². The number of carbonyl (C=O) groups is 1. The third-order valence-electron chi connectivity index (χ3n) is 2.93. The zero-order chi connectivity index (χ0) is 15.2. The fraction of sp³-hybridized carbons (Fsp3) is 0.250. The van der Waals surface area contributed by atoms with Crippen molar-refractivity contribution in [2.45, 2.75) is 20.3 Å². The second-order valence-electron chi connectivity index (χ2n) is 4.76. The molecule has 2 aromatic rings. The fourth-order valence-corrected chi connectivity index (χ4v) is 2.10. The minimum absolute atomic E-state index is 0.205. The highest BCUT2D eigenvalue weighted by Gasteiger charge is 2.12. The summed E-state index contributed by atoms with van der Waals surface area (Å²) in [5, 5.41) is 6.67. The number of aromatic nitrogens is 1.